The number of nitrogens with one attached hydrogen (secondary N) is 2. The summed E-state index contributed by atoms with van der Waals surface area (Å²) in [6, 6.07) is 6.22. The molecule has 24 heavy (non-hydrogen) atoms. The number of benzene rings is 2. The average Bonchev–Trinajstić information content (AvgIpc) is 2.57. The smallest absolute Gasteiger partial charge is 0.182 e. The van der Waals surface area contributed by atoms with E-state index >= 15 is 0 Å². The third-order valence-corrected chi connectivity index (χ3v) is 2.64. The van der Waals surface area contributed by atoms with Crippen molar-refractivity contribution in [3.8, 4) is 0 Å². The largest absolute Gasteiger partial charge is 0.350 e. The molecule has 4 nitrogen and oxygen atoms in total. The monoisotopic (exact) mass is 341 g/mol. The molecule has 0 amide bonds. The van der Waals surface area contributed by atoms with Crippen molar-refractivity contribution >= 4 is 17.7 Å². The van der Waals surface area contributed by atoms with Gasteiger partial charge in [0, 0.05) is 5.56 Å². The van der Waals surface area contributed by atoms with Crippen LogP contribution in [0.15, 0.2) is 30.3 Å². The summed E-state index contributed by atoms with van der Waals surface area (Å²) in [6.07, 6.45) is 0.372. The molecule has 0 unspecified atom stereocenters. The molecule has 0 fully saturated rings. The normalized spacial score (nSPS) is 9.17. The molecule has 0 aromatic heterocycles. The number of nitrogens with two attached hydrogens (primary N) is 1. The van der Waals surface area contributed by atoms with Crippen molar-refractivity contribution in [1.29, 1.82) is 0 Å². The lowest BCUT2D eigenvalue weighted by Gasteiger charge is -2.11. The first-order valence-corrected chi connectivity index (χ1v) is 7.28. The number of rotatable bonds is 3. The maximum Gasteiger partial charge on any atom is 0.182 e. The SMILES string of the molecule is CC.CNN.Cc1ccc(Nc2c(C=O)ccc(F)c2F)c(F)c1. The zero-order valence-corrected chi connectivity index (χ0v) is 14.1. The number of anilines is 2. The first-order valence-electron chi connectivity index (χ1n) is 7.28. The number of halogens is 3. The van der Waals surface area contributed by atoms with Crippen LogP contribution in [0.25, 0.3) is 0 Å². The number of aryl methyl sites for hydroxylation is 1. The molecule has 2 aromatic carbocycles. The van der Waals surface area contributed by atoms with Crippen LogP contribution in [0.3, 0.4) is 0 Å². The summed E-state index contributed by atoms with van der Waals surface area (Å²) in [4.78, 5) is 10.8. The van der Waals surface area contributed by atoms with Crippen molar-refractivity contribution in [3.63, 3.8) is 0 Å². The number of hydrogen-bond acceptors (Lipinski definition) is 4. The Kier molecular flexibility index (Phi) is 10.1. The van der Waals surface area contributed by atoms with E-state index in [2.05, 4.69) is 16.6 Å². The summed E-state index contributed by atoms with van der Waals surface area (Å²) in [6.45, 7) is 5.70. The molecule has 2 aromatic rings. The molecule has 0 aliphatic rings. The van der Waals surface area contributed by atoms with E-state index in [1.807, 2.05) is 13.8 Å². The van der Waals surface area contributed by atoms with E-state index in [9.17, 15) is 18.0 Å². The van der Waals surface area contributed by atoms with Gasteiger partial charge in [0.05, 0.1) is 11.4 Å². The zero-order chi connectivity index (χ0) is 18.7. The highest BCUT2D eigenvalue weighted by Crippen LogP contribution is 2.27. The van der Waals surface area contributed by atoms with Gasteiger partial charge in [-0.25, -0.2) is 13.2 Å². The van der Waals surface area contributed by atoms with Gasteiger partial charge in [0.2, 0.25) is 0 Å². The topological polar surface area (TPSA) is 67.2 Å². The van der Waals surface area contributed by atoms with Crippen LogP contribution >= 0.6 is 0 Å². The summed E-state index contributed by atoms with van der Waals surface area (Å²) in [5.41, 5.74) is 2.45. The van der Waals surface area contributed by atoms with Crippen molar-refractivity contribution in [2.75, 3.05) is 12.4 Å². The Bertz CT molecular complexity index is 664. The summed E-state index contributed by atoms with van der Waals surface area (Å²) in [7, 11) is 1.65. The van der Waals surface area contributed by atoms with Gasteiger partial charge in [0.1, 0.15) is 5.82 Å². The third kappa shape index (κ3) is 6.02. The number of aldehydes is 1. The lowest BCUT2D eigenvalue weighted by atomic mass is 10.1. The standard InChI is InChI=1S/C14H10F3NO.C2H6.CH6N2/c1-8-2-5-12(11(16)6-8)18-14-9(7-19)3-4-10(15)13(14)17;1-2;1-3-2/h2-7,18H,1H3;1-2H3;3H,2H2,1H3. The Balaban J connectivity index is 0.000000952. The van der Waals surface area contributed by atoms with Gasteiger partial charge in [-0.05, 0) is 43.8 Å². The van der Waals surface area contributed by atoms with Crippen LogP contribution in [0.5, 0.6) is 0 Å². The molecule has 0 saturated carbocycles. The van der Waals surface area contributed by atoms with Crippen LogP contribution in [0.1, 0.15) is 29.8 Å². The van der Waals surface area contributed by atoms with Crippen molar-refractivity contribution in [1.82, 2.24) is 5.43 Å². The van der Waals surface area contributed by atoms with E-state index in [4.69, 9.17) is 0 Å². The van der Waals surface area contributed by atoms with Crippen molar-refractivity contribution in [3.05, 3.63) is 58.9 Å². The molecular formula is C17H22F3N3O. The molecule has 0 saturated heterocycles. The molecule has 0 spiro atoms. The second-order valence-corrected chi connectivity index (χ2v) is 4.34. The molecule has 0 bridgehead atoms. The summed E-state index contributed by atoms with van der Waals surface area (Å²) in [5.74, 6) is 1.66. The van der Waals surface area contributed by atoms with E-state index in [-0.39, 0.29) is 16.9 Å². The molecule has 7 heteroatoms. The predicted molar refractivity (Wildman–Crippen MR) is 90.8 cm³/mol. The van der Waals surface area contributed by atoms with Crippen LogP contribution in [-0.2, 0) is 0 Å². The second kappa shape index (κ2) is 11.2. The Hall–Kier alpha value is -2.38. The maximum atomic E-state index is 13.6. The molecular weight excluding hydrogens is 319 g/mol. The Morgan fingerprint density at radius 2 is 1.62 bits per heavy atom. The predicted octanol–water partition coefficient (Wildman–Crippen LogP) is 4.07. The van der Waals surface area contributed by atoms with Crippen molar-refractivity contribution in [2.45, 2.75) is 20.8 Å². The summed E-state index contributed by atoms with van der Waals surface area (Å²) in [5, 5.41) is 2.41. The minimum absolute atomic E-state index is 0.0294. The highest BCUT2D eigenvalue weighted by Gasteiger charge is 2.14. The van der Waals surface area contributed by atoms with Crippen molar-refractivity contribution in [2.24, 2.45) is 5.84 Å². The Labute approximate surface area is 139 Å². The van der Waals surface area contributed by atoms with Crippen LogP contribution in [0, 0.1) is 24.4 Å². The van der Waals surface area contributed by atoms with E-state index in [0.29, 0.717) is 11.8 Å². The van der Waals surface area contributed by atoms with Gasteiger partial charge in [-0.1, -0.05) is 19.9 Å². The Morgan fingerprint density at radius 1 is 1.04 bits per heavy atom. The van der Waals surface area contributed by atoms with E-state index in [1.165, 1.54) is 12.1 Å². The van der Waals surface area contributed by atoms with Crippen LogP contribution in [-0.4, -0.2) is 13.3 Å². The molecule has 0 radical (unpaired) electrons. The number of hydrazine groups is 1. The van der Waals surface area contributed by atoms with Crippen molar-refractivity contribution < 1.29 is 18.0 Å². The molecule has 2 rings (SSSR count). The number of carbonyl (C=O) groups is 1. The van der Waals surface area contributed by atoms with E-state index in [0.717, 1.165) is 12.1 Å². The highest BCUT2D eigenvalue weighted by atomic mass is 19.2. The first kappa shape index (κ1) is 21.6. The fraction of sp³-hybridized carbons (Fsp3) is 0.235. The molecule has 0 atom stereocenters. The minimum atomic E-state index is -1.22. The lowest BCUT2D eigenvalue weighted by Crippen LogP contribution is -2.13. The zero-order valence-electron chi connectivity index (χ0n) is 14.1. The van der Waals surface area contributed by atoms with Gasteiger partial charge >= 0.3 is 0 Å². The number of hydrogen-bond donors (Lipinski definition) is 3. The number of carbonyl (C=O) groups excluding carboxylic acids is 1. The third-order valence-electron chi connectivity index (χ3n) is 2.64. The minimum Gasteiger partial charge on any atom is -0.350 e. The molecule has 0 heterocycles. The van der Waals surface area contributed by atoms with Gasteiger partial charge in [-0.2, -0.15) is 0 Å². The van der Waals surface area contributed by atoms with Gasteiger partial charge < -0.3 is 5.32 Å². The van der Waals surface area contributed by atoms with Gasteiger partial charge in [0.15, 0.2) is 17.9 Å². The molecule has 0 aliphatic carbocycles. The second-order valence-electron chi connectivity index (χ2n) is 4.34. The molecule has 132 valence electrons. The van der Waals surface area contributed by atoms with Gasteiger partial charge in [-0.3, -0.25) is 16.1 Å². The fourth-order valence-corrected chi connectivity index (χ4v) is 1.65. The Morgan fingerprint density at radius 3 is 2.12 bits per heavy atom. The maximum absolute atomic E-state index is 13.6. The van der Waals surface area contributed by atoms with Crippen LogP contribution < -0.4 is 16.6 Å². The highest BCUT2D eigenvalue weighted by molar-refractivity contribution is 5.86. The van der Waals surface area contributed by atoms with Gasteiger partial charge in [-0.15, -0.1) is 0 Å². The van der Waals surface area contributed by atoms with Crippen LogP contribution in [0.4, 0.5) is 24.5 Å². The average molecular weight is 341 g/mol. The molecule has 4 N–H and O–H groups in total. The fourth-order valence-electron chi connectivity index (χ4n) is 1.65. The van der Waals surface area contributed by atoms with Gasteiger partial charge in [0.25, 0.3) is 0 Å². The molecule has 0 aliphatic heterocycles. The summed E-state index contributed by atoms with van der Waals surface area (Å²) >= 11 is 0. The van der Waals surface area contributed by atoms with Crippen LogP contribution in [0.2, 0.25) is 0 Å². The quantitative estimate of drug-likeness (QED) is 0.447. The van der Waals surface area contributed by atoms with E-state index in [1.54, 1.807) is 20.0 Å². The first-order chi connectivity index (χ1) is 11.4. The summed E-state index contributed by atoms with van der Waals surface area (Å²) < 4.78 is 40.4. The van der Waals surface area contributed by atoms with E-state index < -0.39 is 17.5 Å². The lowest BCUT2D eigenvalue weighted by molar-refractivity contribution is 0.112.